The summed E-state index contributed by atoms with van der Waals surface area (Å²) in [6.07, 6.45) is 0.700. The summed E-state index contributed by atoms with van der Waals surface area (Å²) in [5.74, 6) is 0.763. The van der Waals surface area contributed by atoms with Crippen molar-refractivity contribution in [3.8, 4) is 0 Å². The number of imidazole rings is 1. The molecule has 0 bridgehead atoms. The first kappa shape index (κ1) is 16.8. The van der Waals surface area contributed by atoms with Gasteiger partial charge in [-0.05, 0) is 5.41 Å². The average Bonchev–Trinajstić information content (AvgIpc) is 2.66. The molecule has 2 rings (SSSR count). The summed E-state index contributed by atoms with van der Waals surface area (Å²) >= 11 is 0. The minimum Gasteiger partial charge on any atom is -0.382 e. The van der Waals surface area contributed by atoms with Gasteiger partial charge in [0.1, 0.15) is 25.1 Å². The first-order valence-corrected chi connectivity index (χ1v) is 8.44. The molecule has 9 nitrogen and oxygen atoms in total. The second-order valence-corrected chi connectivity index (χ2v) is 7.84. The van der Waals surface area contributed by atoms with Crippen molar-refractivity contribution in [2.75, 3.05) is 12.1 Å². The highest BCUT2D eigenvalue weighted by Gasteiger charge is 2.21. The molecule has 0 aliphatic heterocycles. The molecule has 0 aliphatic rings. The van der Waals surface area contributed by atoms with Crippen LogP contribution >= 0.6 is 7.60 Å². The number of hydrogen-bond acceptors (Lipinski definition) is 6. The zero-order chi connectivity index (χ0) is 16.5. The number of nitrogen functional groups attached to an aromatic ring is 1. The van der Waals surface area contributed by atoms with Crippen LogP contribution in [0.3, 0.4) is 0 Å². The van der Waals surface area contributed by atoms with E-state index in [0.717, 1.165) is 0 Å². The van der Waals surface area contributed by atoms with Gasteiger partial charge in [-0.2, -0.15) is 0 Å². The van der Waals surface area contributed by atoms with Crippen LogP contribution < -0.4 is 5.73 Å². The molecule has 0 aliphatic carbocycles. The van der Waals surface area contributed by atoms with E-state index < -0.39 is 13.9 Å². The van der Waals surface area contributed by atoms with Crippen molar-refractivity contribution in [3.63, 3.8) is 0 Å². The molecule has 2 heterocycles. The zero-order valence-electron chi connectivity index (χ0n) is 12.7. The van der Waals surface area contributed by atoms with E-state index >= 15 is 0 Å². The quantitative estimate of drug-likeness (QED) is 0.694. The number of aromatic nitrogens is 4. The Kier molecular flexibility index (Phi) is 4.53. The van der Waals surface area contributed by atoms with Gasteiger partial charge in [0.2, 0.25) is 0 Å². The van der Waals surface area contributed by atoms with Crippen LogP contribution in [0.25, 0.3) is 11.2 Å². The van der Waals surface area contributed by atoms with Gasteiger partial charge in [0.15, 0.2) is 17.0 Å². The third-order valence-electron chi connectivity index (χ3n) is 2.76. The van der Waals surface area contributed by atoms with Crippen molar-refractivity contribution >= 4 is 24.6 Å². The van der Waals surface area contributed by atoms with Crippen molar-refractivity contribution in [2.45, 2.75) is 33.9 Å². The summed E-state index contributed by atoms with van der Waals surface area (Å²) in [6.45, 7) is 6.74. The summed E-state index contributed by atoms with van der Waals surface area (Å²) < 4.78 is 17.8. The van der Waals surface area contributed by atoms with Crippen LogP contribution in [0.5, 0.6) is 0 Å². The molecule has 2 aromatic heterocycles. The van der Waals surface area contributed by atoms with Crippen molar-refractivity contribution < 1.29 is 19.1 Å². The Morgan fingerprint density at radius 3 is 2.64 bits per heavy atom. The largest absolute Gasteiger partial charge is 0.382 e. The van der Waals surface area contributed by atoms with Crippen LogP contribution in [-0.4, -0.2) is 35.7 Å². The van der Waals surface area contributed by atoms with Crippen LogP contribution in [0.4, 0.5) is 5.82 Å². The summed E-state index contributed by atoms with van der Waals surface area (Å²) in [4.78, 5) is 30.2. The summed E-state index contributed by atoms with van der Waals surface area (Å²) in [5, 5.41) is 0. The fourth-order valence-corrected chi connectivity index (χ4v) is 2.33. The van der Waals surface area contributed by atoms with Gasteiger partial charge in [-0.1, -0.05) is 20.8 Å². The predicted molar refractivity (Wildman–Crippen MR) is 80.9 cm³/mol. The van der Waals surface area contributed by atoms with E-state index in [4.69, 9.17) is 20.3 Å². The highest BCUT2D eigenvalue weighted by molar-refractivity contribution is 7.51. The average molecular weight is 329 g/mol. The van der Waals surface area contributed by atoms with E-state index in [2.05, 4.69) is 35.7 Å². The minimum atomic E-state index is -4.21. The number of hydrogen-bond donors (Lipinski definition) is 3. The highest BCUT2D eigenvalue weighted by Crippen LogP contribution is 2.34. The van der Waals surface area contributed by atoms with E-state index in [1.54, 1.807) is 0 Å². The van der Waals surface area contributed by atoms with Gasteiger partial charge < -0.3 is 24.8 Å². The molecule has 0 saturated heterocycles. The monoisotopic (exact) mass is 329 g/mol. The number of rotatable bonds is 5. The van der Waals surface area contributed by atoms with E-state index in [1.165, 1.54) is 6.33 Å². The van der Waals surface area contributed by atoms with Crippen molar-refractivity contribution in [1.82, 2.24) is 19.5 Å². The molecule has 0 saturated carbocycles. The molecule has 122 valence electrons. The molecule has 0 aromatic carbocycles. The van der Waals surface area contributed by atoms with Gasteiger partial charge in [-0.15, -0.1) is 0 Å². The molecule has 0 unspecified atom stereocenters. The maximum atomic E-state index is 10.9. The number of nitrogens with zero attached hydrogens (tertiary/aromatic N) is 4. The van der Waals surface area contributed by atoms with Gasteiger partial charge in [-0.3, -0.25) is 4.57 Å². The summed E-state index contributed by atoms with van der Waals surface area (Å²) in [5.41, 5.74) is 6.80. The number of ether oxygens (including phenoxy) is 1. The van der Waals surface area contributed by atoms with Crippen LogP contribution in [0.15, 0.2) is 6.33 Å². The molecule has 0 fully saturated rings. The van der Waals surface area contributed by atoms with E-state index in [9.17, 15) is 4.57 Å². The minimum absolute atomic E-state index is 0.0447. The maximum absolute atomic E-state index is 10.9. The van der Waals surface area contributed by atoms with Crippen molar-refractivity contribution in [2.24, 2.45) is 5.41 Å². The first-order valence-electron chi connectivity index (χ1n) is 6.65. The Bertz CT molecular complexity index is 718. The summed E-state index contributed by atoms with van der Waals surface area (Å²) in [7, 11) is -4.21. The molecule has 10 heteroatoms. The molecular weight excluding hydrogens is 309 g/mol. The Morgan fingerprint density at radius 2 is 2.05 bits per heavy atom. The van der Waals surface area contributed by atoms with Gasteiger partial charge >= 0.3 is 7.60 Å². The SMILES string of the molecule is CC(C)(C)Cn1c(COCP(=O)(O)O)nc2c(N)ncnc21. The molecular formula is C12H20N5O4P. The fourth-order valence-electron chi connectivity index (χ4n) is 2.01. The Balaban J connectivity index is 2.36. The number of anilines is 1. The maximum Gasteiger partial charge on any atom is 0.350 e. The highest BCUT2D eigenvalue weighted by atomic mass is 31.2. The van der Waals surface area contributed by atoms with Crippen LogP contribution in [0.1, 0.15) is 26.6 Å². The van der Waals surface area contributed by atoms with Gasteiger partial charge in [0.25, 0.3) is 0 Å². The first-order chi connectivity index (χ1) is 10.1. The van der Waals surface area contributed by atoms with Crippen molar-refractivity contribution in [1.29, 1.82) is 0 Å². The molecule has 0 radical (unpaired) electrons. The lowest BCUT2D eigenvalue weighted by atomic mass is 9.97. The predicted octanol–water partition coefficient (Wildman–Crippen LogP) is 1.11. The second kappa shape index (κ2) is 5.92. The van der Waals surface area contributed by atoms with E-state index in [1.807, 2.05) is 4.57 Å². The molecule has 4 N–H and O–H groups in total. The Morgan fingerprint density at radius 1 is 1.36 bits per heavy atom. The fraction of sp³-hybridized carbons (Fsp3) is 0.583. The van der Waals surface area contributed by atoms with Crippen molar-refractivity contribution in [3.05, 3.63) is 12.2 Å². The van der Waals surface area contributed by atoms with Gasteiger partial charge in [0.05, 0.1) is 0 Å². The van der Waals surface area contributed by atoms with Crippen LogP contribution in [0.2, 0.25) is 0 Å². The molecule has 0 spiro atoms. The number of nitrogens with two attached hydrogens (primary N) is 1. The third-order valence-corrected chi connectivity index (χ3v) is 3.28. The standard InChI is InChI=1S/C12H20N5O4P/c1-12(2,3)5-17-8(4-21-7-22(18,19)20)16-9-10(13)14-6-15-11(9)17/h6H,4-5,7H2,1-3H3,(H2,13,14,15)(H2,18,19,20). The van der Waals surface area contributed by atoms with Crippen LogP contribution in [0, 0.1) is 5.41 Å². The topological polar surface area (TPSA) is 136 Å². The van der Waals surface area contributed by atoms with Gasteiger partial charge in [0, 0.05) is 6.54 Å². The number of fused-ring (bicyclic) bond motifs is 1. The molecule has 0 atom stereocenters. The molecule has 0 amide bonds. The van der Waals surface area contributed by atoms with Gasteiger partial charge in [-0.25, -0.2) is 15.0 Å². The lowest BCUT2D eigenvalue weighted by Gasteiger charge is -2.20. The zero-order valence-corrected chi connectivity index (χ0v) is 13.6. The normalized spacial score (nSPS) is 13.0. The lowest BCUT2D eigenvalue weighted by Crippen LogP contribution is -2.18. The third kappa shape index (κ3) is 4.23. The van der Waals surface area contributed by atoms with E-state index in [0.29, 0.717) is 23.5 Å². The smallest absolute Gasteiger partial charge is 0.350 e. The lowest BCUT2D eigenvalue weighted by molar-refractivity contribution is 0.135. The summed E-state index contributed by atoms with van der Waals surface area (Å²) in [6, 6.07) is 0. The van der Waals surface area contributed by atoms with E-state index in [-0.39, 0.29) is 17.8 Å². The molecule has 2 aromatic rings. The second-order valence-electron chi connectivity index (χ2n) is 6.25. The molecule has 22 heavy (non-hydrogen) atoms. The Labute approximate surface area is 127 Å². The Hall–Kier alpha value is -1.54. The van der Waals surface area contributed by atoms with Crippen LogP contribution in [-0.2, 0) is 22.5 Å².